The molecule has 0 amide bonds. The maximum Gasteiger partial charge on any atom is 0.209 e. The summed E-state index contributed by atoms with van der Waals surface area (Å²) in [4.78, 5) is 2.10. The Hall–Kier alpha value is -4.08. The number of benzene rings is 3. The second-order valence-electron chi connectivity index (χ2n) is 12.0. The standard InChI is InChI=1S/C38H38ClN2O/c1-38(2)32-16-9-10-17-33(32)41(5)36(38)23-20-28-15-11-14-27(37(28)39)18-19-29-24-34(26-12-7-6-8-13-26)42-35-25-30(40(3)4)21-22-31(29)35/h6-10,12-13,16-25H,11,14-15H2,1-5H3/q+1. The van der Waals surface area contributed by atoms with Crippen molar-refractivity contribution in [3.05, 3.63) is 136 Å². The largest absolute Gasteiger partial charge is 0.456 e. The van der Waals surface area contributed by atoms with Gasteiger partial charge in [0.05, 0.1) is 5.41 Å². The van der Waals surface area contributed by atoms with Gasteiger partial charge < -0.3 is 9.64 Å². The highest BCUT2D eigenvalue weighted by Gasteiger charge is 2.42. The smallest absolute Gasteiger partial charge is 0.209 e. The minimum absolute atomic E-state index is 0.0572. The molecule has 4 heteroatoms. The number of para-hydroxylation sites is 1. The Bertz CT molecular complexity index is 1730. The number of nitrogens with zero attached hydrogens (tertiary/aromatic N) is 2. The molecule has 3 aromatic carbocycles. The number of allylic oxidation sites excluding steroid dienone is 9. The molecule has 0 N–H and O–H groups in total. The molecule has 0 fully saturated rings. The fourth-order valence-electron chi connectivity index (χ4n) is 6.24. The van der Waals surface area contributed by atoms with Crippen LogP contribution < -0.4 is 9.64 Å². The fourth-order valence-corrected chi connectivity index (χ4v) is 6.56. The molecule has 6 rings (SSSR count). The second kappa shape index (κ2) is 11.3. The van der Waals surface area contributed by atoms with E-state index in [-0.39, 0.29) is 5.41 Å². The highest BCUT2D eigenvalue weighted by atomic mass is 35.5. The van der Waals surface area contributed by atoms with E-state index < -0.39 is 0 Å². The Labute approximate surface area is 255 Å². The first kappa shape index (κ1) is 28.1. The summed E-state index contributed by atoms with van der Waals surface area (Å²) >= 11 is 7.09. The quantitative estimate of drug-likeness (QED) is 0.282. The summed E-state index contributed by atoms with van der Waals surface area (Å²) in [6, 6.07) is 25.4. The van der Waals surface area contributed by atoms with E-state index in [2.05, 4.69) is 115 Å². The van der Waals surface area contributed by atoms with Gasteiger partial charge in [-0.2, -0.15) is 4.58 Å². The number of halogens is 1. The van der Waals surface area contributed by atoms with Gasteiger partial charge in [-0.3, -0.25) is 0 Å². The number of fused-ring (bicyclic) bond motifs is 2. The molecule has 2 aliphatic heterocycles. The van der Waals surface area contributed by atoms with E-state index in [4.69, 9.17) is 16.3 Å². The molecule has 42 heavy (non-hydrogen) atoms. The van der Waals surface area contributed by atoms with Gasteiger partial charge in [-0.25, -0.2) is 0 Å². The molecule has 0 saturated carbocycles. The molecule has 0 aromatic heterocycles. The van der Waals surface area contributed by atoms with Crippen molar-refractivity contribution in [3.63, 3.8) is 0 Å². The SMILES string of the molecule is CN(C)c1ccc2c(c1)OC(c1ccccc1)=C/C2=C\C=C1/CCCC(/C=C/C2=[N+](C)c3ccccc3C2(C)C)=C1Cl. The zero-order valence-electron chi connectivity index (χ0n) is 25.1. The Balaban J connectivity index is 1.35. The van der Waals surface area contributed by atoms with Crippen LogP contribution in [0.25, 0.3) is 11.3 Å². The lowest BCUT2D eigenvalue weighted by Gasteiger charge is -2.23. The lowest BCUT2D eigenvalue weighted by Crippen LogP contribution is -2.26. The first-order valence-electron chi connectivity index (χ1n) is 14.7. The van der Waals surface area contributed by atoms with Crippen LogP contribution in [0.3, 0.4) is 0 Å². The number of hydrogen-bond acceptors (Lipinski definition) is 2. The van der Waals surface area contributed by atoms with Crippen LogP contribution in [0.5, 0.6) is 5.75 Å². The topological polar surface area (TPSA) is 15.5 Å². The van der Waals surface area contributed by atoms with Gasteiger partial charge in [-0.05, 0) is 68.0 Å². The molecule has 0 radical (unpaired) electrons. The molecular formula is C38H38ClN2O+. The van der Waals surface area contributed by atoms with Crippen molar-refractivity contribution in [2.24, 2.45) is 0 Å². The highest BCUT2D eigenvalue weighted by molar-refractivity contribution is 6.32. The Morgan fingerprint density at radius 2 is 1.67 bits per heavy atom. The van der Waals surface area contributed by atoms with Gasteiger partial charge in [0, 0.05) is 59.7 Å². The Kier molecular flexibility index (Phi) is 7.55. The molecule has 3 aliphatic rings. The molecule has 0 saturated heterocycles. The first-order valence-corrected chi connectivity index (χ1v) is 15.1. The molecule has 212 valence electrons. The van der Waals surface area contributed by atoms with Crippen LogP contribution >= 0.6 is 11.6 Å². The molecule has 1 aliphatic carbocycles. The summed E-state index contributed by atoms with van der Waals surface area (Å²) in [7, 11) is 6.25. The van der Waals surface area contributed by atoms with Gasteiger partial charge in [0.1, 0.15) is 18.6 Å². The van der Waals surface area contributed by atoms with Gasteiger partial charge in [-0.1, -0.05) is 78.4 Å². The molecule has 3 nitrogen and oxygen atoms in total. The molecule has 0 bridgehead atoms. The molecule has 0 unspecified atom stereocenters. The number of hydrogen-bond donors (Lipinski definition) is 0. The van der Waals surface area contributed by atoms with Crippen LogP contribution in [-0.2, 0) is 5.41 Å². The van der Waals surface area contributed by atoms with Crippen molar-refractivity contribution >= 4 is 40.0 Å². The van der Waals surface area contributed by atoms with Crippen LogP contribution in [0.1, 0.15) is 49.8 Å². The maximum atomic E-state index is 7.09. The van der Waals surface area contributed by atoms with E-state index in [1.807, 2.05) is 32.3 Å². The summed E-state index contributed by atoms with van der Waals surface area (Å²) in [6.45, 7) is 4.60. The summed E-state index contributed by atoms with van der Waals surface area (Å²) < 4.78 is 8.73. The average Bonchev–Trinajstić information content (AvgIpc) is 3.20. The second-order valence-corrected chi connectivity index (χ2v) is 12.4. The monoisotopic (exact) mass is 573 g/mol. The van der Waals surface area contributed by atoms with E-state index in [0.717, 1.165) is 58.2 Å². The van der Waals surface area contributed by atoms with Crippen molar-refractivity contribution in [2.75, 3.05) is 26.0 Å². The van der Waals surface area contributed by atoms with Gasteiger partial charge in [0.15, 0.2) is 5.71 Å². The van der Waals surface area contributed by atoms with E-state index >= 15 is 0 Å². The third-order valence-electron chi connectivity index (χ3n) is 8.66. The van der Waals surface area contributed by atoms with E-state index in [1.54, 1.807) is 0 Å². The Morgan fingerprint density at radius 3 is 2.43 bits per heavy atom. The van der Waals surface area contributed by atoms with Crippen LogP contribution in [0, 0.1) is 0 Å². The molecule has 0 atom stereocenters. The zero-order valence-corrected chi connectivity index (χ0v) is 25.9. The fraction of sp³-hybridized carbons (Fsp3) is 0.237. The van der Waals surface area contributed by atoms with Gasteiger partial charge in [0.25, 0.3) is 0 Å². The van der Waals surface area contributed by atoms with Gasteiger partial charge in [-0.15, -0.1) is 0 Å². The van der Waals surface area contributed by atoms with Crippen LogP contribution in [0.2, 0.25) is 0 Å². The van der Waals surface area contributed by atoms with Crippen LogP contribution in [0.15, 0.2) is 119 Å². The van der Waals surface area contributed by atoms with Gasteiger partial charge in [0.2, 0.25) is 5.69 Å². The van der Waals surface area contributed by atoms with Crippen molar-refractivity contribution in [1.82, 2.24) is 0 Å². The van der Waals surface area contributed by atoms with Crippen molar-refractivity contribution in [2.45, 2.75) is 38.5 Å². The minimum Gasteiger partial charge on any atom is -0.456 e. The summed E-state index contributed by atoms with van der Waals surface area (Å²) in [5, 5.41) is 0.869. The van der Waals surface area contributed by atoms with Crippen LogP contribution in [-0.4, -0.2) is 31.4 Å². The van der Waals surface area contributed by atoms with E-state index in [9.17, 15) is 0 Å². The lowest BCUT2D eigenvalue weighted by molar-refractivity contribution is -0.401. The average molecular weight is 574 g/mol. The van der Waals surface area contributed by atoms with Crippen LogP contribution in [0.4, 0.5) is 11.4 Å². The minimum atomic E-state index is -0.0572. The number of anilines is 1. The van der Waals surface area contributed by atoms with Gasteiger partial charge >= 0.3 is 0 Å². The molecule has 2 heterocycles. The van der Waals surface area contributed by atoms with E-state index in [0.29, 0.717) is 0 Å². The highest BCUT2D eigenvalue weighted by Crippen LogP contribution is 2.41. The lowest BCUT2D eigenvalue weighted by atomic mass is 9.81. The van der Waals surface area contributed by atoms with Crippen molar-refractivity contribution in [3.8, 4) is 5.75 Å². The summed E-state index contributed by atoms with van der Waals surface area (Å²) in [5.41, 5.74) is 10.6. The first-order chi connectivity index (χ1) is 20.2. The van der Waals surface area contributed by atoms with Crippen molar-refractivity contribution < 1.29 is 9.31 Å². The number of rotatable bonds is 5. The molecule has 0 spiro atoms. The zero-order chi connectivity index (χ0) is 29.4. The normalized spacial score (nSPS) is 19.7. The summed E-state index contributed by atoms with van der Waals surface area (Å²) in [6.07, 6.45) is 14.1. The molecular weight excluding hydrogens is 536 g/mol. The van der Waals surface area contributed by atoms with E-state index in [1.165, 1.54) is 28.1 Å². The summed E-state index contributed by atoms with van der Waals surface area (Å²) in [5.74, 6) is 1.71. The van der Waals surface area contributed by atoms with Crippen molar-refractivity contribution in [1.29, 1.82) is 0 Å². The number of ether oxygens (including phenoxy) is 1. The Morgan fingerprint density at radius 1 is 0.905 bits per heavy atom. The third-order valence-corrected chi connectivity index (χ3v) is 9.15. The predicted octanol–water partition coefficient (Wildman–Crippen LogP) is 9.44. The third kappa shape index (κ3) is 5.18. The molecule has 3 aromatic rings. The maximum absolute atomic E-state index is 7.09. The predicted molar refractivity (Wildman–Crippen MR) is 178 cm³/mol.